The van der Waals surface area contributed by atoms with Gasteiger partial charge in [-0.25, -0.2) is 19.4 Å². The van der Waals surface area contributed by atoms with Gasteiger partial charge in [0, 0.05) is 43.7 Å². The van der Waals surface area contributed by atoms with Crippen LogP contribution in [0.1, 0.15) is 28.2 Å². The van der Waals surface area contributed by atoms with Crippen molar-refractivity contribution in [2.75, 3.05) is 13.1 Å². The first-order valence-electron chi connectivity index (χ1n) is 9.03. The molecule has 3 heterocycles. The van der Waals surface area contributed by atoms with Crippen LogP contribution in [0.4, 0.5) is 0 Å². The summed E-state index contributed by atoms with van der Waals surface area (Å²) in [5.41, 5.74) is 1.90. The van der Waals surface area contributed by atoms with Crippen molar-refractivity contribution >= 4 is 5.97 Å². The number of nitrogens with zero attached hydrogens (tertiary/aromatic N) is 5. The Hall–Kier alpha value is -3.06. The smallest absolute Gasteiger partial charge is 0.337 e. The number of carboxylic acids is 1. The molecule has 1 aromatic carbocycles. The standard InChI is InChI=1S/C20H21N5O2/c26-20(27)17-4-1-2-5-18(17)25-14-16(11-23-25)13-24-9-6-15(12-24)10-19-21-7-3-8-22-19/h1-5,7-8,11,14-15H,6,9-10,12-13H2,(H,26,27)/t15-/m0/s1. The molecule has 7 heteroatoms. The molecule has 1 saturated heterocycles. The van der Waals surface area contributed by atoms with Crippen LogP contribution in [0.5, 0.6) is 0 Å². The maximum absolute atomic E-state index is 11.4. The summed E-state index contributed by atoms with van der Waals surface area (Å²) in [6, 6.07) is 8.74. The lowest BCUT2D eigenvalue weighted by molar-refractivity contribution is 0.0696. The van der Waals surface area contributed by atoms with Gasteiger partial charge < -0.3 is 5.11 Å². The Morgan fingerprint density at radius 1 is 1.19 bits per heavy atom. The number of benzene rings is 1. The van der Waals surface area contributed by atoms with Crippen LogP contribution in [0.25, 0.3) is 5.69 Å². The molecule has 1 atom stereocenters. The predicted octanol–water partition coefficient (Wildman–Crippen LogP) is 2.43. The fourth-order valence-corrected chi connectivity index (χ4v) is 3.60. The minimum absolute atomic E-state index is 0.247. The summed E-state index contributed by atoms with van der Waals surface area (Å²) in [6.45, 7) is 2.85. The summed E-state index contributed by atoms with van der Waals surface area (Å²) < 4.78 is 1.64. The summed E-state index contributed by atoms with van der Waals surface area (Å²) in [7, 11) is 0. The number of carbonyl (C=O) groups is 1. The number of hydrogen-bond donors (Lipinski definition) is 1. The van der Waals surface area contributed by atoms with Crippen molar-refractivity contribution in [3.8, 4) is 5.69 Å². The van der Waals surface area contributed by atoms with Crippen molar-refractivity contribution in [1.29, 1.82) is 0 Å². The number of aromatic nitrogens is 4. The molecular formula is C20H21N5O2. The van der Waals surface area contributed by atoms with Gasteiger partial charge in [-0.2, -0.15) is 5.10 Å². The second-order valence-corrected chi connectivity index (χ2v) is 6.87. The van der Waals surface area contributed by atoms with E-state index in [4.69, 9.17) is 0 Å². The first kappa shape index (κ1) is 17.4. The van der Waals surface area contributed by atoms with Crippen molar-refractivity contribution in [2.45, 2.75) is 19.4 Å². The topological polar surface area (TPSA) is 84.1 Å². The highest BCUT2D eigenvalue weighted by Crippen LogP contribution is 2.22. The molecule has 2 aromatic heterocycles. The quantitative estimate of drug-likeness (QED) is 0.724. The lowest BCUT2D eigenvalue weighted by Gasteiger charge is -2.14. The number of rotatable bonds is 6. The number of para-hydroxylation sites is 1. The number of aromatic carboxylic acids is 1. The van der Waals surface area contributed by atoms with Gasteiger partial charge in [0.25, 0.3) is 0 Å². The summed E-state index contributed by atoms with van der Waals surface area (Å²) >= 11 is 0. The molecule has 0 spiro atoms. The maximum atomic E-state index is 11.4. The molecule has 0 bridgehead atoms. The summed E-state index contributed by atoms with van der Waals surface area (Å²) in [5, 5.41) is 13.7. The van der Waals surface area contributed by atoms with Crippen LogP contribution in [-0.2, 0) is 13.0 Å². The minimum Gasteiger partial charge on any atom is -0.478 e. The van der Waals surface area contributed by atoms with Gasteiger partial charge in [0.05, 0.1) is 17.4 Å². The van der Waals surface area contributed by atoms with Crippen LogP contribution in [0.3, 0.4) is 0 Å². The number of carboxylic acid groups (broad SMARTS) is 1. The molecule has 0 radical (unpaired) electrons. The van der Waals surface area contributed by atoms with Crippen LogP contribution in [0.2, 0.25) is 0 Å². The molecule has 27 heavy (non-hydrogen) atoms. The Labute approximate surface area is 157 Å². The normalized spacial score (nSPS) is 17.3. The largest absolute Gasteiger partial charge is 0.478 e. The lowest BCUT2D eigenvalue weighted by atomic mass is 10.0. The zero-order valence-electron chi connectivity index (χ0n) is 14.9. The second-order valence-electron chi connectivity index (χ2n) is 6.87. The average molecular weight is 363 g/mol. The van der Waals surface area contributed by atoms with Crippen molar-refractivity contribution in [1.82, 2.24) is 24.6 Å². The van der Waals surface area contributed by atoms with E-state index in [9.17, 15) is 9.90 Å². The molecule has 1 aliphatic heterocycles. The Morgan fingerprint density at radius 3 is 2.81 bits per heavy atom. The highest BCUT2D eigenvalue weighted by molar-refractivity contribution is 5.91. The molecule has 0 aliphatic carbocycles. The second kappa shape index (κ2) is 7.67. The molecule has 4 rings (SSSR count). The molecular weight excluding hydrogens is 342 g/mol. The van der Waals surface area contributed by atoms with Crippen LogP contribution in [0, 0.1) is 5.92 Å². The molecule has 1 N–H and O–H groups in total. The van der Waals surface area contributed by atoms with E-state index in [1.54, 1.807) is 35.3 Å². The van der Waals surface area contributed by atoms with E-state index < -0.39 is 5.97 Å². The fourth-order valence-electron chi connectivity index (χ4n) is 3.60. The molecule has 1 aliphatic rings. The summed E-state index contributed by atoms with van der Waals surface area (Å²) in [4.78, 5) is 22.4. The Kier molecular flexibility index (Phi) is 4.93. The van der Waals surface area contributed by atoms with Crippen molar-refractivity contribution in [2.24, 2.45) is 5.92 Å². The van der Waals surface area contributed by atoms with E-state index in [1.807, 2.05) is 24.5 Å². The van der Waals surface area contributed by atoms with E-state index >= 15 is 0 Å². The highest BCUT2D eigenvalue weighted by Gasteiger charge is 2.24. The number of hydrogen-bond acceptors (Lipinski definition) is 5. The zero-order chi connectivity index (χ0) is 18.6. The monoisotopic (exact) mass is 363 g/mol. The van der Waals surface area contributed by atoms with E-state index in [2.05, 4.69) is 20.0 Å². The first-order valence-corrected chi connectivity index (χ1v) is 9.03. The molecule has 0 unspecified atom stereocenters. The van der Waals surface area contributed by atoms with Crippen LogP contribution in [-0.4, -0.2) is 48.8 Å². The van der Waals surface area contributed by atoms with Gasteiger partial charge in [-0.3, -0.25) is 4.90 Å². The van der Waals surface area contributed by atoms with Gasteiger partial charge >= 0.3 is 5.97 Å². The van der Waals surface area contributed by atoms with Gasteiger partial charge in [-0.15, -0.1) is 0 Å². The van der Waals surface area contributed by atoms with E-state index in [0.717, 1.165) is 43.9 Å². The predicted molar refractivity (Wildman–Crippen MR) is 99.6 cm³/mol. The van der Waals surface area contributed by atoms with Crippen LogP contribution < -0.4 is 0 Å². The fraction of sp³-hybridized carbons (Fsp3) is 0.300. The Balaban J connectivity index is 1.40. The van der Waals surface area contributed by atoms with Gasteiger partial charge in [0.15, 0.2) is 0 Å². The maximum Gasteiger partial charge on any atom is 0.337 e. The van der Waals surface area contributed by atoms with Crippen molar-refractivity contribution in [3.05, 3.63) is 72.1 Å². The molecule has 3 aromatic rings. The highest BCUT2D eigenvalue weighted by atomic mass is 16.4. The SMILES string of the molecule is O=C(O)c1ccccc1-n1cc(CN2CC[C@@H](Cc3ncccn3)C2)cn1. The summed E-state index contributed by atoms with van der Waals surface area (Å²) in [5.74, 6) is 0.519. The Bertz CT molecular complexity index is 925. The molecule has 138 valence electrons. The first-order chi connectivity index (χ1) is 13.2. The van der Waals surface area contributed by atoms with Gasteiger partial charge in [-0.1, -0.05) is 12.1 Å². The molecule has 7 nitrogen and oxygen atoms in total. The van der Waals surface area contributed by atoms with Crippen molar-refractivity contribution in [3.63, 3.8) is 0 Å². The van der Waals surface area contributed by atoms with Crippen LogP contribution in [0.15, 0.2) is 55.1 Å². The minimum atomic E-state index is -0.951. The third-order valence-electron chi connectivity index (χ3n) is 4.88. The lowest BCUT2D eigenvalue weighted by Crippen LogP contribution is -2.20. The van der Waals surface area contributed by atoms with E-state index in [-0.39, 0.29) is 5.56 Å². The van der Waals surface area contributed by atoms with Crippen molar-refractivity contribution < 1.29 is 9.90 Å². The molecule has 0 saturated carbocycles. The zero-order valence-corrected chi connectivity index (χ0v) is 14.9. The molecule has 1 fully saturated rings. The third-order valence-corrected chi connectivity index (χ3v) is 4.88. The average Bonchev–Trinajstić information content (AvgIpc) is 3.32. The third kappa shape index (κ3) is 4.03. The Morgan fingerprint density at radius 2 is 2.00 bits per heavy atom. The van der Waals surface area contributed by atoms with Gasteiger partial charge in [-0.05, 0) is 37.1 Å². The van der Waals surface area contributed by atoms with Gasteiger partial charge in [0.2, 0.25) is 0 Å². The van der Waals surface area contributed by atoms with Crippen LogP contribution >= 0.6 is 0 Å². The molecule has 0 amide bonds. The summed E-state index contributed by atoms with van der Waals surface area (Å²) in [6.07, 6.45) is 9.34. The number of likely N-dealkylation sites (tertiary alicyclic amines) is 1. The van der Waals surface area contributed by atoms with Gasteiger partial charge in [0.1, 0.15) is 5.82 Å². The van der Waals surface area contributed by atoms with E-state index in [0.29, 0.717) is 11.6 Å². The van der Waals surface area contributed by atoms with E-state index in [1.165, 1.54) is 0 Å².